The van der Waals surface area contributed by atoms with Crippen LogP contribution < -0.4 is 19.5 Å². The number of methoxy groups -OCH3 is 1. The van der Waals surface area contributed by atoms with Crippen LogP contribution in [0.4, 0.5) is 5.69 Å². The Hall–Kier alpha value is -3.85. The van der Waals surface area contributed by atoms with E-state index in [4.69, 9.17) is 21.1 Å². The molecular formula is C29H27ClN2O5S. The number of benzene rings is 4. The molecule has 0 saturated heterocycles. The second-order valence-electron chi connectivity index (χ2n) is 8.54. The molecule has 4 aromatic carbocycles. The summed E-state index contributed by atoms with van der Waals surface area (Å²) in [6.45, 7) is 1.75. The molecule has 0 heterocycles. The fourth-order valence-corrected chi connectivity index (χ4v) is 5.29. The third-order valence-corrected chi connectivity index (χ3v) is 7.45. The summed E-state index contributed by atoms with van der Waals surface area (Å²) in [5, 5.41) is 3.18. The Labute approximate surface area is 227 Å². The lowest BCUT2D eigenvalue weighted by Crippen LogP contribution is -2.45. The van der Waals surface area contributed by atoms with Crippen molar-refractivity contribution in [3.8, 4) is 17.2 Å². The van der Waals surface area contributed by atoms with E-state index in [1.807, 2.05) is 48.5 Å². The molecule has 196 valence electrons. The number of carbonyl (C=O) groups excluding carboxylic acids is 1. The zero-order chi connectivity index (χ0) is 27.1. The lowest BCUT2D eigenvalue weighted by molar-refractivity contribution is -0.117. The molecule has 9 heteroatoms. The molecule has 38 heavy (non-hydrogen) atoms. The van der Waals surface area contributed by atoms with Crippen LogP contribution >= 0.6 is 11.6 Å². The summed E-state index contributed by atoms with van der Waals surface area (Å²) in [5.74, 6) is 0.931. The molecule has 0 aromatic heterocycles. The number of carbonyl (C=O) groups is 1. The van der Waals surface area contributed by atoms with Gasteiger partial charge in [-0.15, -0.1) is 0 Å². The monoisotopic (exact) mass is 550 g/mol. The largest absolute Gasteiger partial charge is 0.496 e. The van der Waals surface area contributed by atoms with Gasteiger partial charge in [0.1, 0.15) is 17.5 Å². The van der Waals surface area contributed by atoms with E-state index < -0.39 is 22.0 Å². The molecule has 0 aliphatic rings. The predicted octanol–water partition coefficient (Wildman–Crippen LogP) is 5.98. The maximum atomic E-state index is 13.6. The van der Waals surface area contributed by atoms with E-state index in [1.165, 1.54) is 19.2 Å². The minimum absolute atomic E-state index is 0.0255. The Balaban J connectivity index is 1.63. The van der Waals surface area contributed by atoms with Crippen molar-refractivity contribution in [2.24, 2.45) is 0 Å². The van der Waals surface area contributed by atoms with Crippen molar-refractivity contribution in [2.75, 3.05) is 12.4 Å². The summed E-state index contributed by atoms with van der Waals surface area (Å²) >= 11 is 6.21. The van der Waals surface area contributed by atoms with Gasteiger partial charge in [0.15, 0.2) is 5.75 Å². The molecule has 0 radical (unpaired) electrons. The van der Waals surface area contributed by atoms with E-state index in [0.29, 0.717) is 33.5 Å². The summed E-state index contributed by atoms with van der Waals surface area (Å²) in [6.07, 6.45) is 0.122. The van der Waals surface area contributed by atoms with Crippen LogP contribution in [0.2, 0.25) is 5.02 Å². The summed E-state index contributed by atoms with van der Waals surface area (Å²) < 4.78 is 40.4. The van der Waals surface area contributed by atoms with Crippen LogP contribution in [0.5, 0.6) is 17.2 Å². The van der Waals surface area contributed by atoms with E-state index in [0.717, 1.165) is 5.56 Å². The maximum absolute atomic E-state index is 13.6. The molecule has 0 bridgehead atoms. The highest BCUT2D eigenvalue weighted by molar-refractivity contribution is 7.89. The zero-order valence-electron chi connectivity index (χ0n) is 20.8. The Bertz CT molecular complexity index is 1510. The Kier molecular flexibility index (Phi) is 8.68. The van der Waals surface area contributed by atoms with E-state index in [9.17, 15) is 13.2 Å². The number of amides is 1. The summed E-state index contributed by atoms with van der Waals surface area (Å²) in [5.41, 5.74) is 1.75. The quantitative estimate of drug-likeness (QED) is 0.253. The van der Waals surface area contributed by atoms with E-state index in [1.54, 1.807) is 43.3 Å². The van der Waals surface area contributed by atoms with Crippen LogP contribution in [0.3, 0.4) is 0 Å². The molecule has 1 amide bonds. The van der Waals surface area contributed by atoms with Crippen LogP contribution in [-0.4, -0.2) is 27.5 Å². The van der Waals surface area contributed by atoms with E-state index in [2.05, 4.69) is 10.0 Å². The summed E-state index contributed by atoms with van der Waals surface area (Å²) in [7, 11) is -2.54. The fraction of sp³-hybridized carbons (Fsp3) is 0.138. The third kappa shape index (κ3) is 6.92. The number of ether oxygens (including phenoxy) is 2. The number of hydrogen-bond acceptors (Lipinski definition) is 5. The van der Waals surface area contributed by atoms with E-state index in [-0.39, 0.29) is 11.3 Å². The molecule has 0 spiro atoms. The second kappa shape index (κ2) is 12.1. The fourth-order valence-electron chi connectivity index (χ4n) is 3.84. The molecule has 2 N–H and O–H groups in total. The SMILES string of the molecule is COc1ccc(S(=O)(=O)N[C@@H](Cc2ccccc2)C(=O)Nc2cc(Cl)ccc2Oc2ccccc2)cc1C. The average molecular weight is 551 g/mol. The van der Waals surface area contributed by atoms with Crippen LogP contribution in [0, 0.1) is 6.92 Å². The Morgan fingerprint density at radius 3 is 2.21 bits per heavy atom. The van der Waals surface area contributed by atoms with Crippen LogP contribution in [-0.2, 0) is 21.2 Å². The zero-order valence-corrected chi connectivity index (χ0v) is 22.4. The minimum atomic E-state index is -4.05. The first kappa shape index (κ1) is 27.2. The Morgan fingerprint density at radius 1 is 0.895 bits per heavy atom. The lowest BCUT2D eigenvalue weighted by atomic mass is 10.1. The van der Waals surface area contributed by atoms with Gasteiger partial charge in [-0.25, -0.2) is 8.42 Å². The number of rotatable bonds is 10. The van der Waals surface area contributed by atoms with Crippen LogP contribution in [0.15, 0.2) is 102 Å². The molecular weight excluding hydrogens is 524 g/mol. The van der Waals surface area contributed by atoms with Gasteiger partial charge in [0, 0.05) is 5.02 Å². The first-order chi connectivity index (χ1) is 18.2. The van der Waals surface area contributed by atoms with Gasteiger partial charge >= 0.3 is 0 Å². The van der Waals surface area contributed by atoms with Gasteiger partial charge in [0.2, 0.25) is 15.9 Å². The molecule has 4 rings (SSSR count). The maximum Gasteiger partial charge on any atom is 0.243 e. The van der Waals surface area contributed by atoms with Crippen molar-refractivity contribution in [3.05, 3.63) is 113 Å². The highest BCUT2D eigenvalue weighted by atomic mass is 35.5. The number of nitrogens with one attached hydrogen (secondary N) is 2. The summed E-state index contributed by atoms with van der Waals surface area (Å²) in [6, 6.07) is 26.5. The third-order valence-electron chi connectivity index (χ3n) is 5.74. The minimum Gasteiger partial charge on any atom is -0.496 e. The number of sulfonamides is 1. The number of anilines is 1. The van der Waals surface area contributed by atoms with Gasteiger partial charge in [-0.05, 0) is 73.0 Å². The average Bonchev–Trinajstić information content (AvgIpc) is 2.91. The predicted molar refractivity (Wildman–Crippen MR) is 149 cm³/mol. The van der Waals surface area contributed by atoms with Crippen molar-refractivity contribution < 1.29 is 22.7 Å². The highest BCUT2D eigenvalue weighted by Gasteiger charge is 2.27. The number of aryl methyl sites for hydroxylation is 1. The molecule has 0 unspecified atom stereocenters. The topological polar surface area (TPSA) is 93.7 Å². The van der Waals surface area contributed by atoms with Crippen LogP contribution in [0.1, 0.15) is 11.1 Å². The Morgan fingerprint density at radius 2 is 1.55 bits per heavy atom. The van der Waals surface area contributed by atoms with Gasteiger partial charge < -0.3 is 14.8 Å². The van der Waals surface area contributed by atoms with Gasteiger partial charge in [-0.3, -0.25) is 4.79 Å². The number of para-hydroxylation sites is 1. The standard InChI is InChI=1S/C29H27ClN2O5S/c1-20-17-24(14-16-27(20)36-2)38(34,35)32-26(18-21-9-5-3-6-10-21)29(33)31-25-19-22(30)13-15-28(25)37-23-11-7-4-8-12-23/h3-17,19,26,32H,18H2,1-2H3,(H,31,33)/t26-/m0/s1. The van der Waals surface area contributed by atoms with Crippen molar-refractivity contribution >= 4 is 33.2 Å². The van der Waals surface area contributed by atoms with Crippen molar-refractivity contribution in [1.82, 2.24) is 4.72 Å². The molecule has 1 atom stereocenters. The molecule has 0 saturated carbocycles. The van der Waals surface area contributed by atoms with Gasteiger partial charge in [-0.2, -0.15) is 4.72 Å². The first-order valence-electron chi connectivity index (χ1n) is 11.8. The highest BCUT2D eigenvalue weighted by Crippen LogP contribution is 2.32. The smallest absolute Gasteiger partial charge is 0.243 e. The molecule has 0 fully saturated rings. The molecule has 4 aromatic rings. The normalized spacial score (nSPS) is 12.0. The first-order valence-corrected chi connectivity index (χ1v) is 13.7. The van der Waals surface area contributed by atoms with E-state index >= 15 is 0 Å². The number of hydrogen-bond donors (Lipinski definition) is 2. The van der Waals surface area contributed by atoms with Crippen molar-refractivity contribution in [3.63, 3.8) is 0 Å². The van der Waals surface area contributed by atoms with Crippen molar-refractivity contribution in [1.29, 1.82) is 0 Å². The van der Waals surface area contributed by atoms with Gasteiger partial charge in [0.05, 0.1) is 17.7 Å². The van der Waals surface area contributed by atoms with Crippen molar-refractivity contribution in [2.45, 2.75) is 24.3 Å². The van der Waals surface area contributed by atoms with Crippen LogP contribution in [0.25, 0.3) is 0 Å². The lowest BCUT2D eigenvalue weighted by Gasteiger charge is -2.20. The molecule has 0 aliphatic carbocycles. The van der Waals surface area contributed by atoms with Gasteiger partial charge in [0.25, 0.3) is 0 Å². The molecule has 0 aliphatic heterocycles. The summed E-state index contributed by atoms with van der Waals surface area (Å²) in [4.78, 5) is 13.6. The number of halogens is 1. The second-order valence-corrected chi connectivity index (χ2v) is 10.7. The molecule has 7 nitrogen and oxygen atoms in total. The van der Waals surface area contributed by atoms with Gasteiger partial charge in [-0.1, -0.05) is 60.1 Å².